The lowest BCUT2D eigenvalue weighted by Crippen LogP contribution is -2.53. The van der Waals surface area contributed by atoms with Gasteiger partial charge in [-0.3, -0.25) is 29.3 Å². The molecule has 2 heterocycles. The fraction of sp³-hybridized carbons (Fsp3) is 0.231. The molecule has 6 atom stereocenters. The van der Waals surface area contributed by atoms with E-state index in [0.29, 0.717) is 21.7 Å². The third kappa shape index (κ3) is 4.57. The number of phenolic OH excluding ortho intramolecular Hbond substituents is 1. The number of carbonyl (C=O) groups is 4. The van der Waals surface area contributed by atoms with Crippen LogP contribution in [0.25, 0.3) is 0 Å². The fourth-order valence-corrected chi connectivity index (χ4v) is 9.21. The Labute approximate surface area is 296 Å². The number of carbonyl (C=O) groups excluding carboxylic acids is 4. The number of hydrogen-bond acceptors (Lipinski definition) is 8. The van der Waals surface area contributed by atoms with Crippen molar-refractivity contribution < 1.29 is 33.9 Å². The number of phenols is 1. The first kappa shape index (κ1) is 32.4. The normalized spacial score (nSPS) is 26.8. The van der Waals surface area contributed by atoms with Crippen molar-refractivity contribution in [3.8, 4) is 11.5 Å². The number of rotatable bonds is 6. The van der Waals surface area contributed by atoms with Gasteiger partial charge in [-0.2, -0.15) is 0 Å². The predicted molar refractivity (Wildman–Crippen MR) is 186 cm³/mol. The van der Waals surface area contributed by atoms with Crippen LogP contribution in [-0.2, 0) is 24.6 Å². The maximum Gasteiger partial charge on any atom is 0.271 e. The molecular formula is C39H30ClN3O8. The Bertz CT molecular complexity index is 2210. The number of para-hydroxylation sites is 1. The smallest absolute Gasteiger partial charge is 0.271 e. The summed E-state index contributed by atoms with van der Waals surface area (Å²) in [6.07, 6.45) is 2.06. The summed E-state index contributed by atoms with van der Waals surface area (Å²) in [4.78, 5) is 71.8. The van der Waals surface area contributed by atoms with Gasteiger partial charge in [0.15, 0.2) is 11.5 Å². The summed E-state index contributed by atoms with van der Waals surface area (Å²) in [5.74, 6) is -6.49. The second-order valence-corrected chi connectivity index (χ2v) is 13.7. The first-order chi connectivity index (χ1) is 24.6. The molecular weight excluding hydrogens is 674 g/mol. The van der Waals surface area contributed by atoms with Crippen molar-refractivity contribution in [1.29, 1.82) is 0 Å². The van der Waals surface area contributed by atoms with Crippen LogP contribution >= 0.6 is 11.6 Å². The van der Waals surface area contributed by atoms with Crippen molar-refractivity contribution in [2.75, 3.05) is 16.9 Å². The number of fused-ring (bicyclic) bond motifs is 4. The van der Waals surface area contributed by atoms with E-state index >= 15 is 4.79 Å². The number of imide groups is 2. The van der Waals surface area contributed by atoms with Crippen molar-refractivity contribution >= 4 is 52.3 Å². The molecule has 3 fully saturated rings. The maximum atomic E-state index is 15.3. The van der Waals surface area contributed by atoms with Crippen molar-refractivity contribution in [3.05, 3.63) is 135 Å². The molecule has 4 aromatic carbocycles. The number of aromatic hydroxyl groups is 1. The molecule has 2 saturated heterocycles. The van der Waals surface area contributed by atoms with E-state index in [-0.39, 0.29) is 41.4 Å². The molecule has 2 aliphatic carbocycles. The highest BCUT2D eigenvalue weighted by Crippen LogP contribution is 2.65. The number of nitrogens with zero attached hydrogens (tertiary/aromatic N) is 3. The van der Waals surface area contributed by atoms with Crippen molar-refractivity contribution in [1.82, 2.24) is 0 Å². The second-order valence-electron chi connectivity index (χ2n) is 13.3. The van der Waals surface area contributed by atoms with Crippen LogP contribution < -0.4 is 14.5 Å². The lowest BCUT2D eigenvalue weighted by molar-refractivity contribution is -0.384. The second kappa shape index (κ2) is 11.9. The van der Waals surface area contributed by atoms with Crippen LogP contribution in [0.5, 0.6) is 11.5 Å². The standard InChI is InChI=1S/C39H30ClN3O8/c1-51-31-15-7-14-28(34(31)44)33-26-16-17-27-32(37(47)41(35(27)45)24-12-6-13-25(19-24)43(49)50)29(26)20-30-36(46)42(23-11-5-10-22(40)18-23)38(48)39(30,33)21-8-3-2-4-9-21/h2-16,18-19,27,29-30,32-33,44H,17,20H2,1H3. The minimum Gasteiger partial charge on any atom is -0.504 e. The number of amides is 4. The van der Waals surface area contributed by atoms with E-state index in [9.17, 15) is 29.6 Å². The van der Waals surface area contributed by atoms with Gasteiger partial charge < -0.3 is 9.84 Å². The molecule has 11 nitrogen and oxygen atoms in total. The van der Waals surface area contributed by atoms with Crippen LogP contribution in [0, 0.1) is 33.8 Å². The van der Waals surface area contributed by atoms with Gasteiger partial charge in [-0.1, -0.05) is 77.8 Å². The number of ether oxygens (including phenoxy) is 1. The average Bonchev–Trinajstić information content (AvgIpc) is 3.53. The molecule has 12 heteroatoms. The fourth-order valence-electron chi connectivity index (χ4n) is 9.03. The van der Waals surface area contributed by atoms with E-state index in [0.717, 1.165) is 9.80 Å². The minimum atomic E-state index is -1.58. The van der Waals surface area contributed by atoms with Gasteiger partial charge in [-0.25, -0.2) is 9.80 Å². The average molecular weight is 704 g/mol. The topological polar surface area (TPSA) is 147 Å². The molecule has 51 heavy (non-hydrogen) atoms. The van der Waals surface area contributed by atoms with E-state index in [1.807, 2.05) is 12.1 Å². The number of hydrogen-bond donors (Lipinski definition) is 1. The number of allylic oxidation sites excluding steroid dienone is 2. The van der Waals surface area contributed by atoms with Gasteiger partial charge >= 0.3 is 0 Å². The third-order valence-electron chi connectivity index (χ3n) is 11.0. The zero-order valence-corrected chi connectivity index (χ0v) is 27.9. The van der Waals surface area contributed by atoms with E-state index in [1.165, 1.54) is 31.4 Å². The first-order valence-corrected chi connectivity index (χ1v) is 16.8. The van der Waals surface area contributed by atoms with Crippen LogP contribution in [0.15, 0.2) is 109 Å². The van der Waals surface area contributed by atoms with Crippen LogP contribution in [-0.4, -0.2) is 40.8 Å². The molecule has 8 rings (SSSR count). The number of benzene rings is 4. The quantitative estimate of drug-likeness (QED) is 0.106. The van der Waals surface area contributed by atoms with Crippen LogP contribution in [0.4, 0.5) is 17.1 Å². The first-order valence-electron chi connectivity index (χ1n) is 16.5. The Hall–Kier alpha value is -5.81. The van der Waals surface area contributed by atoms with Gasteiger partial charge in [0.05, 0.1) is 46.6 Å². The summed E-state index contributed by atoms with van der Waals surface area (Å²) < 4.78 is 5.50. The number of anilines is 2. The van der Waals surface area contributed by atoms with Crippen LogP contribution in [0.1, 0.15) is 29.9 Å². The predicted octanol–water partition coefficient (Wildman–Crippen LogP) is 6.33. The zero-order valence-electron chi connectivity index (χ0n) is 27.1. The Balaban J connectivity index is 1.35. The Morgan fingerprint density at radius 1 is 0.843 bits per heavy atom. The molecule has 0 spiro atoms. The van der Waals surface area contributed by atoms with Gasteiger partial charge in [-0.15, -0.1) is 0 Å². The molecule has 6 unspecified atom stereocenters. The summed E-state index contributed by atoms with van der Waals surface area (Å²) in [7, 11) is 1.42. The minimum absolute atomic E-state index is 0.0482. The molecule has 4 aliphatic rings. The summed E-state index contributed by atoms with van der Waals surface area (Å²) in [5, 5.41) is 23.7. The van der Waals surface area contributed by atoms with Crippen molar-refractivity contribution in [2.24, 2.45) is 23.7 Å². The molecule has 0 radical (unpaired) electrons. The van der Waals surface area contributed by atoms with Gasteiger partial charge in [0.25, 0.3) is 5.69 Å². The molecule has 1 saturated carbocycles. The Kier molecular flexibility index (Phi) is 7.57. The lowest BCUT2D eigenvalue weighted by Gasteiger charge is -2.50. The molecule has 4 amide bonds. The highest BCUT2D eigenvalue weighted by molar-refractivity contribution is 6.32. The highest BCUT2D eigenvalue weighted by Gasteiger charge is 2.70. The zero-order chi connectivity index (χ0) is 35.8. The molecule has 4 aromatic rings. The summed E-state index contributed by atoms with van der Waals surface area (Å²) in [6, 6.07) is 25.8. The SMILES string of the molecule is COc1cccc(C2C3=CCC4C(=O)N(c5cccc([N+](=O)[O-])c5)C(=O)C4C3CC3C(=O)N(c4cccc(Cl)c4)C(=O)C32c2ccccc2)c1O. The monoisotopic (exact) mass is 703 g/mol. The summed E-state index contributed by atoms with van der Waals surface area (Å²) in [5.41, 5.74) is 0.0661. The molecule has 0 aromatic heterocycles. The van der Waals surface area contributed by atoms with E-state index < -0.39 is 63.6 Å². The number of non-ortho nitro benzene ring substituents is 1. The van der Waals surface area contributed by atoms with Crippen molar-refractivity contribution in [3.63, 3.8) is 0 Å². The van der Waals surface area contributed by atoms with Crippen LogP contribution in [0.2, 0.25) is 5.02 Å². The number of methoxy groups -OCH3 is 1. The van der Waals surface area contributed by atoms with E-state index in [1.54, 1.807) is 66.7 Å². The Morgan fingerprint density at radius 3 is 2.25 bits per heavy atom. The van der Waals surface area contributed by atoms with Gasteiger partial charge in [0, 0.05) is 28.6 Å². The Morgan fingerprint density at radius 2 is 1.55 bits per heavy atom. The highest BCUT2D eigenvalue weighted by atomic mass is 35.5. The molecule has 2 aliphatic heterocycles. The van der Waals surface area contributed by atoms with E-state index in [2.05, 4.69) is 0 Å². The summed E-state index contributed by atoms with van der Waals surface area (Å²) >= 11 is 6.37. The number of nitro groups is 1. The van der Waals surface area contributed by atoms with Gasteiger partial charge in [-0.05, 0) is 54.7 Å². The molecule has 0 bridgehead atoms. The number of halogens is 1. The molecule has 1 N–H and O–H groups in total. The molecule has 256 valence electrons. The number of nitro benzene ring substituents is 1. The van der Waals surface area contributed by atoms with Gasteiger partial charge in [0.2, 0.25) is 23.6 Å². The summed E-state index contributed by atoms with van der Waals surface area (Å²) in [6.45, 7) is 0. The maximum absolute atomic E-state index is 15.3. The van der Waals surface area contributed by atoms with Gasteiger partial charge in [0.1, 0.15) is 0 Å². The van der Waals surface area contributed by atoms with Crippen molar-refractivity contribution in [2.45, 2.75) is 24.2 Å². The van der Waals surface area contributed by atoms with Crippen LogP contribution in [0.3, 0.4) is 0 Å². The lowest BCUT2D eigenvalue weighted by atomic mass is 9.49. The van der Waals surface area contributed by atoms with E-state index in [4.69, 9.17) is 16.3 Å². The largest absolute Gasteiger partial charge is 0.504 e. The third-order valence-corrected chi connectivity index (χ3v) is 11.3.